The van der Waals surface area contributed by atoms with Gasteiger partial charge in [-0.2, -0.15) is 0 Å². The number of carbonyl (C=O) groups excluding carboxylic acids is 2. The second-order valence-corrected chi connectivity index (χ2v) is 5.39. The van der Waals surface area contributed by atoms with E-state index in [0.717, 1.165) is 5.56 Å². The number of esters is 1. The van der Waals surface area contributed by atoms with E-state index in [1.54, 1.807) is 24.3 Å². The van der Waals surface area contributed by atoms with Crippen molar-refractivity contribution < 1.29 is 28.2 Å². The standard InChI is InChI=1S/C19H20FNO5/c1-24-16-8-7-13(9-17(16)25-2)11-21-18(22)12-26-19(23)10-14-5-3-4-6-15(14)20/h3-9H,10-12H2,1-2H3,(H,21,22). The van der Waals surface area contributed by atoms with Gasteiger partial charge in [0.25, 0.3) is 5.91 Å². The summed E-state index contributed by atoms with van der Waals surface area (Å²) in [5.74, 6) is -0.472. The number of benzene rings is 2. The Bertz CT molecular complexity index is 778. The first-order valence-corrected chi connectivity index (χ1v) is 7.90. The number of rotatable bonds is 8. The van der Waals surface area contributed by atoms with Gasteiger partial charge in [0.2, 0.25) is 0 Å². The van der Waals surface area contributed by atoms with Crippen molar-refractivity contribution in [2.45, 2.75) is 13.0 Å². The minimum atomic E-state index is -0.670. The summed E-state index contributed by atoms with van der Waals surface area (Å²) in [4.78, 5) is 23.5. The maximum Gasteiger partial charge on any atom is 0.310 e. The van der Waals surface area contributed by atoms with Crippen LogP contribution in [0.25, 0.3) is 0 Å². The molecule has 0 spiro atoms. The Morgan fingerprint density at radius 1 is 1.04 bits per heavy atom. The van der Waals surface area contributed by atoms with Crippen LogP contribution < -0.4 is 14.8 Å². The van der Waals surface area contributed by atoms with Crippen LogP contribution in [0.3, 0.4) is 0 Å². The number of halogens is 1. The predicted molar refractivity (Wildman–Crippen MR) is 92.5 cm³/mol. The van der Waals surface area contributed by atoms with Gasteiger partial charge in [0.05, 0.1) is 20.6 Å². The van der Waals surface area contributed by atoms with Gasteiger partial charge < -0.3 is 19.5 Å². The van der Waals surface area contributed by atoms with Crippen molar-refractivity contribution in [3.8, 4) is 11.5 Å². The average molecular weight is 361 g/mol. The van der Waals surface area contributed by atoms with Crippen molar-refractivity contribution in [3.63, 3.8) is 0 Å². The molecule has 0 atom stereocenters. The Labute approximate surface area is 150 Å². The number of carbonyl (C=O) groups is 2. The molecule has 6 nitrogen and oxygen atoms in total. The molecule has 0 bridgehead atoms. The first-order chi connectivity index (χ1) is 12.5. The molecule has 7 heteroatoms. The monoisotopic (exact) mass is 361 g/mol. The van der Waals surface area contributed by atoms with Gasteiger partial charge in [-0.1, -0.05) is 24.3 Å². The van der Waals surface area contributed by atoms with Crippen LogP contribution in [0, 0.1) is 5.82 Å². The minimum absolute atomic E-state index is 0.225. The minimum Gasteiger partial charge on any atom is -0.493 e. The molecule has 2 rings (SSSR count). The highest BCUT2D eigenvalue weighted by molar-refractivity contribution is 5.81. The Kier molecular flexibility index (Phi) is 6.96. The number of methoxy groups -OCH3 is 2. The summed E-state index contributed by atoms with van der Waals surface area (Å²) in [7, 11) is 3.06. The lowest BCUT2D eigenvalue weighted by Crippen LogP contribution is -2.28. The Morgan fingerprint density at radius 2 is 1.77 bits per heavy atom. The molecule has 0 fully saturated rings. The third kappa shape index (κ3) is 5.47. The topological polar surface area (TPSA) is 73.9 Å². The maximum atomic E-state index is 13.5. The molecule has 0 saturated carbocycles. The van der Waals surface area contributed by atoms with Crippen LogP contribution in [-0.4, -0.2) is 32.7 Å². The molecule has 0 heterocycles. The second kappa shape index (κ2) is 9.41. The summed E-state index contributed by atoms with van der Waals surface area (Å²) in [6.45, 7) is -0.190. The molecule has 0 saturated heterocycles. The summed E-state index contributed by atoms with van der Waals surface area (Å²) in [6.07, 6.45) is -0.227. The molecule has 1 N–H and O–H groups in total. The van der Waals surface area contributed by atoms with Gasteiger partial charge in [-0.3, -0.25) is 9.59 Å². The average Bonchev–Trinajstić information content (AvgIpc) is 2.66. The Balaban J connectivity index is 1.78. The molecule has 0 aliphatic rings. The van der Waals surface area contributed by atoms with E-state index in [1.165, 1.54) is 32.4 Å². The third-order valence-corrected chi connectivity index (χ3v) is 3.59. The molecule has 26 heavy (non-hydrogen) atoms. The number of hydrogen-bond acceptors (Lipinski definition) is 5. The van der Waals surface area contributed by atoms with Crippen LogP contribution in [-0.2, 0) is 27.3 Å². The van der Waals surface area contributed by atoms with E-state index in [-0.39, 0.29) is 18.5 Å². The van der Waals surface area contributed by atoms with E-state index < -0.39 is 24.3 Å². The number of nitrogens with one attached hydrogen (secondary N) is 1. The largest absolute Gasteiger partial charge is 0.493 e. The summed E-state index contributed by atoms with van der Waals surface area (Å²) in [6, 6.07) is 11.2. The van der Waals surface area contributed by atoms with Gasteiger partial charge in [0.1, 0.15) is 5.82 Å². The van der Waals surface area contributed by atoms with Crippen molar-refractivity contribution in [1.82, 2.24) is 5.32 Å². The first kappa shape index (κ1) is 19.2. The van der Waals surface area contributed by atoms with E-state index in [9.17, 15) is 14.0 Å². The molecule has 0 aliphatic heterocycles. The van der Waals surface area contributed by atoms with Crippen LogP contribution in [0.5, 0.6) is 11.5 Å². The lowest BCUT2D eigenvalue weighted by molar-refractivity contribution is -0.147. The van der Waals surface area contributed by atoms with Crippen LogP contribution in [0.1, 0.15) is 11.1 Å². The zero-order valence-electron chi connectivity index (χ0n) is 14.6. The Morgan fingerprint density at radius 3 is 2.46 bits per heavy atom. The molecule has 0 unspecified atom stereocenters. The molecule has 138 valence electrons. The number of hydrogen-bond donors (Lipinski definition) is 1. The van der Waals surface area contributed by atoms with Crippen molar-refractivity contribution in [3.05, 3.63) is 59.4 Å². The molecule has 0 aliphatic carbocycles. The molecule has 2 aromatic carbocycles. The van der Waals surface area contributed by atoms with Gasteiger partial charge in [-0.15, -0.1) is 0 Å². The van der Waals surface area contributed by atoms with E-state index in [4.69, 9.17) is 14.2 Å². The van der Waals surface area contributed by atoms with Crippen LogP contribution >= 0.6 is 0 Å². The van der Waals surface area contributed by atoms with Crippen LogP contribution in [0.2, 0.25) is 0 Å². The van der Waals surface area contributed by atoms with Crippen molar-refractivity contribution in [2.24, 2.45) is 0 Å². The van der Waals surface area contributed by atoms with E-state index >= 15 is 0 Å². The highest BCUT2D eigenvalue weighted by Crippen LogP contribution is 2.27. The van der Waals surface area contributed by atoms with Crippen molar-refractivity contribution >= 4 is 11.9 Å². The first-order valence-electron chi connectivity index (χ1n) is 7.90. The fourth-order valence-corrected chi connectivity index (χ4v) is 2.24. The third-order valence-electron chi connectivity index (χ3n) is 3.59. The van der Waals surface area contributed by atoms with Gasteiger partial charge in [0, 0.05) is 6.54 Å². The quantitative estimate of drug-likeness (QED) is 0.730. The fourth-order valence-electron chi connectivity index (χ4n) is 2.24. The van der Waals surface area contributed by atoms with E-state index in [1.807, 2.05) is 0 Å². The molecule has 2 aromatic rings. The molecule has 0 aromatic heterocycles. The molecular formula is C19H20FNO5. The predicted octanol–water partition coefficient (Wildman–Crippen LogP) is 2.25. The highest BCUT2D eigenvalue weighted by Gasteiger charge is 2.11. The summed E-state index contributed by atoms with van der Waals surface area (Å²) in [5.41, 5.74) is 1.02. The zero-order valence-corrected chi connectivity index (χ0v) is 14.6. The van der Waals surface area contributed by atoms with E-state index in [2.05, 4.69) is 5.32 Å². The molecular weight excluding hydrogens is 341 g/mol. The van der Waals surface area contributed by atoms with Gasteiger partial charge >= 0.3 is 5.97 Å². The van der Waals surface area contributed by atoms with Crippen LogP contribution in [0.4, 0.5) is 4.39 Å². The van der Waals surface area contributed by atoms with Crippen molar-refractivity contribution in [1.29, 1.82) is 0 Å². The highest BCUT2D eigenvalue weighted by atomic mass is 19.1. The van der Waals surface area contributed by atoms with Gasteiger partial charge in [-0.05, 0) is 29.3 Å². The molecule has 1 amide bonds. The Hall–Kier alpha value is -3.09. The maximum absolute atomic E-state index is 13.5. The van der Waals surface area contributed by atoms with Gasteiger partial charge in [-0.25, -0.2) is 4.39 Å². The summed E-state index contributed by atoms with van der Waals surface area (Å²) >= 11 is 0. The van der Waals surface area contributed by atoms with Crippen molar-refractivity contribution in [2.75, 3.05) is 20.8 Å². The SMILES string of the molecule is COc1ccc(CNC(=O)COC(=O)Cc2ccccc2F)cc1OC. The van der Waals surface area contributed by atoms with Gasteiger partial charge in [0.15, 0.2) is 18.1 Å². The summed E-state index contributed by atoms with van der Waals surface area (Å²) in [5, 5.41) is 2.63. The van der Waals surface area contributed by atoms with Crippen LogP contribution in [0.15, 0.2) is 42.5 Å². The summed E-state index contributed by atoms with van der Waals surface area (Å²) < 4.78 is 28.7. The fraction of sp³-hybridized carbons (Fsp3) is 0.263. The van der Waals surface area contributed by atoms with E-state index in [0.29, 0.717) is 11.5 Å². The lowest BCUT2D eigenvalue weighted by Gasteiger charge is -2.10. The number of amides is 1. The second-order valence-electron chi connectivity index (χ2n) is 5.39. The zero-order chi connectivity index (χ0) is 18.9. The smallest absolute Gasteiger partial charge is 0.310 e. The molecule has 0 radical (unpaired) electrons. The number of ether oxygens (including phenoxy) is 3. The lowest BCUT2D eigenvalue weighted by atomic mass is 10.1. The normalized spacial score (nSPS) is 10.1.